The summed E-state index contributed by atoms with van der Waals surface area (Å²) in [6.07, 6.45) is 0. The van der Waals surface area contributed by atoms with Gasteiger partial charge in [0.25, 0.3) is 0 Å². The predicted octanol–water partition coefficient (Wildman–Crippen LogP) is 4.94. The van der Waals surface area contributed by atoms with Gasteiger partial charge in [-0.05, 0) is 41.9 Å². The Hall–Kier alpha value is -0.900. The van der Waals surface area contributed by atoms with Gasteiger partial charge in [0.15, 0.2) is 0 Å². The van der Waals surface area contributed by atoms with Crippen molar-refractivity contribution >= 4 is 27.5 Å². The molecule has 0 saturated carbocycles. The van der Waals surface area contributed by atoms with Crippen LogP contribution in [0.3, 0.4) is 0 Å². The van der Waals surface area contributed by atoms with Gasteiger partial charge in [0.2, 0.25) is 0 Å². The zero-order valence-corrected chi connectivity index (χ0v) is 12.8. The molecule has 1 nitrogen and oxygen atoms in total. The molecule has 0 fully saturated rings. The molecule has 0 saturated heterocycles. The van der Waals surface area contributed by atoms with Gasteiger partial charge in [0.1, 0.15) is 5.82 Å². The molecule has 0 amide bonds. The van der Waals surface area contributed by atoms with Crippen molar-refractivity contribution in [1.82, 2.24) is 5.32 Å². The first-order chi connectivity index (χ1) is 9.11. The second kappa shape index (κ2) is 6.51. The normalized spacial score (nSPS) is 12.4. The highest BCUT2D eigenvalue weighted by Gasteiger charge is 2.14. The third-order valence-corrected chi connectivity index (χ3v) is 3.72. The summed E-state index contributed by atoms with van der Waals surface area (Å²) in [4.78, 5) is 0. The highest BCUT2D eigenvalue weighted by Crippen LogP contribution is 2.26. The lowest BCUT2D eigenvalue weighted by molar-refractivity contribution is 0.603. The largest absolute Gasteiger partial charge is 0.307 e. The van der Waals surface area contributed by atoms with Crippen LogP contribution in [0.15, 0.2) is 46.9 Å². The first kappa shape index (κ1) is 14.5. The summed E-state index contributed by atoms with van der Waals surface area (Å²) < 4.78 is 14.6. The molecular formula is C15H14BrClFN. The smallest absolute Gasteiger partial charge is 0.142 e. The summed E-state index contributed by atoms with van der Waals surface area (Å²) in [7, 11) is 0. The van der Waals surface area contributed by atoms with Crippen LogP contribution in [0.5, 0.6) is 0 Å². The molecule has 0 heterocycles. The van der Waals surface area contributed by atoms with Crippen LogP contribution in [0.4, 0.5) is 4.39 Å². The molecule has 0 bridgehead atoms. The Kier molecular flexibility index (Phi) is 4.97. The number of benzene rings is 2. The van der Waals surface area contributed by atoms with Gasteiger partial charge in [-0.3, -0.25) is 0 Å². The van der Waals surface area contributed by atoms with E-state index in [1.54, 1.807) is 6.07 Å². The predicted molar refractivity (Wildman–Crippen MR) is 81.1 cm³/mol. The average Bonchev–Trinajstić information content (AvgIpc) is 2.41. The Bertz CT molecular complexity index is 557. The third kappa shape index (κ3) is 3.56. The van der Waals surface area contributed by atoms with E-state index in [9.17, 15) is 4.39 Å². The van der Waals surface area contributed by atoms with Crippen molar-refractivity contribution in [2.45, 2.75) is 13.0 Å². The topological polar surface area (TPSA) is 12.0 Å². The standard InChI is InChI=1S/C15H14BrClFN/c1-2-19-15(10-3-6-12(16)7-4-10)11-5-8-13(17)14(18)9-11/h3-9,15,19H,2H2,1H3. The lowest BCUT2D eigenvalue weighted by atomic mass is 9.98. The third-order valence-electron chi connectivity index (χ3n) is 2.89. The maximum atomic E-state index is 13.6. The minimum atomic E-state index is -0.390. The SMILES string of the molecule is CCNC(c1ccc(Br)cc1)c1ccc(Cl)c(F)c1. The van der Waals surface area contributed by atoms with Crippen LogP contribution in [-0.4, -0.2) is 6.54 Å². The molecule has 100 valence electrons. The molecule has 2 aromatic rings. The minimum Gasteiger partial charge on any atom is -0.307 e. The van der Waals surface area contributed by atoms with Crippen molar-refractivity contribution in [3.8, 4) is 0 Å². The molecule has 19 heavy (non-hydrogen) atoms. The van der Waals surface area contributed by atoms with E-state index in [1.807, 2.05) is 37.3 Å². The molecule has 1 N–H and O–H groups in total. The maximum absolute atomic E-state index is 13.6. The molecule has 2 rings (SSSR count). The molecule has 1 atom stereocenters. The lowest BCUT2D eigenvalue weighted by Crippen LogP contribution is -2.22. The number of hydrogen-bond donors (Lipinski definition) is 1. The molecule has 0 aliphatic carbocycles. The van der Waals surface area contributed by atoms with Gasteiger partial charge in [0.05, 0.1) is 11.1 Å². The highest BCUT2D eigenvalue weighted by atomic mass is 79.9. The molecular weight excluding hydrogens is 329 g/mol. The molecule has 0 aliphatic rings. The van der Waals surface area contributed by atoms with E-state index in [-0.39, 0.29) is 16.9 Å². The van der Waals surface area contributed by atoms with E-state index in [1.165, 1.54) is 6.07 Å². The maximum Gasteiger partial charge on any atom is 0.142 e. The highest BCUT2D eigenvalue weighted by molar-refractivity contribution is 9.10. The van der Waals surface area contributed by atoms with Crippen LogP contribution in [-0.2, 0) is 0 Å². The Morgan fingerprint density at radius 1 is 1.16 bits per heavy atom. The Labute approximate surface area is 125 Å². The van der Waals surface area contributed by atoms with Crippen molar-refractivity contribution in [3.63, 3.8) is 0 Å². The number of rotatable bonds is 4. The van der Waals surface area contributed by atoms with E-state index in [2.05, 4.69) is 21.2 Å². The number of hydrogen-bond acceptors (Lipinski definition) is 1. The Morgan fingerprint density at radius 2 is 1.79 bits per heavy atom. The van der Waals surface area contributed by atoms with Gasteiger partial charge in [0, 0.05) is 4.47 Å². The van der Waals surface area contributed by atoms with Crippen LogP contribution in [0.25, 0.3) is 0 Å². The van der Waals surface area contributed by atoms with Gasteiger partial charge in [-0.2, -0.15) is 0 Å². The van der Waals surface area contributed by atoms with Gasteiger partial charge in [-0.15, -0.1) is 0 Å². The monoisotopic (exact) mass is 341 g/mol. The van der Waals surface area contributed by atoms with Crippen LogP contribution >= 0.6 is 27.5 Å². The van der Waals surface area contributed by atoms with Crippen molar-refractivity contribution in [1.29, 1.82) is 0 Å². The van der Waals surface area contributed by atoms with Crippen molar-refractivity contribution < 1.29 is 4.39 Å². The summed E-state index contributed by atoms with van der Waals surface area (Å²) in [5.74, 6) is -0.390. The van der Waals surface area contributed by atoms with Crippen LogP contribution < -0.4 is 5.32 Å². The molecule has 0 aromatic heterocycles. The van der Waals surface area contributed by atoms with E-state index in [0.717, 1.165) is 22.1 Å². The number of nitrogens with one attached hydrogen (secondary N) is 1. The minimum absolute atomic E-state index is 0.0372. The van der Waals surface area contributed by atoms with Crippen LogP contribution in [0, 0.1) is 5.82 Å². The van der Waals surface area contributed by atoms with E-state index in [4.69, 9.17) is 11.6 Å². The first-order valence-electron chi connectivity index (χ1n) is 6.05. The van der Waals surface area contributed by atoms with Crippen molar-refractivity contribution in [2.24, 2.45) is 0 Å². The zero-order chi connectivity index (χ0) is 13.8. The average molecular weight is 343 g/mol. The van der Waals surface area contributed by atoms with Gasteiger partial charge in [-0.1, -0.05) is 52.7 Å². The molecule has 2 aromatic carbocycles. The van der Waals surface area contributed by atoms with Crippen LogP contribution in [0.2, 0.25) is 5.02 Å². The van der Waals surface area contributed by atoms with Gasteiger partial charge < -0.3 is 5.32 Å². The summed E-state index contributed by atoms with van der Waals surface area (Å²) >= 11 is 9.14. The first-order valence-corrected chi connectivity index (χ1v) is 7.22. The van der Waals surface area contributed by atoms with Crippen LogP contribution in [0.1, 0.15) is 24.1 Å². The Morgan fingerprint density at radius 3 is 2.37 bits per heavy atom. The molecule has 0 radical (unpaired) electrons. The molecule has 4 heteroatoms. The Balaban J connectivity index is 2.38. The quantitative estimate of drug-likeness (QED) is 0.830. The molecule has 0 spiro atoms. The van der Waals surface area contributed by atoms with Crippen molar-refractivity contribution in [2.75, 3.05) is 6.54 Å². The second-order valence-corrected chi connectivity index (χ2v) is 5.54. The fraction of sp³-hybridized carbons (Fsp3) is 0.200. The fourth-order valence-corrected chi connectivity index (χ4v) is 2.36. The zero-order valence-electron chi connectivity index (χ0n) is 10.5. The number of halogens is 3. The van der Waals surface area contributed by atoms with E-state index >= 15 is 0 Å². The van der Waals surface area contributed by atoms with E-state index in [0.29, 0.717) is 0 Å². The second-order valence-electron chi connectivity index (χ2n) is 4.22. The molecule has 1 unspecified atom stereocenters. The summed E-state index contributed by atoms with van der Waals surface area (Å²) in [5, 5.41) is 3.50. The lowest BCUT2D eigenvalue weighted by Gasteiger charge is -2.19. The summed E-state index contributed by atoms with van der Waals surface area (Å²) in [5.41, 5.74) is 1.96. The van der Waals surface area contributed by atoms with Gasteiger partial charge in [-0.25, -0.2) is 4.39 Å². The fourth-order valence-electron chi connectivity index (χ4n) is 1.98. The molecule has 0 aliphatic heterocycles. The van der Waals surface area contributed by atoms with E-state index < -0.39 is 0 Å². The van der Waals surface area contributed by atoms with Crippen molar-refractivity contribution in [3.05, 3.63) is 68.9 Å². The summed E-state index contributed by atoms with van der Waals surface area (Å²) in [6, 6.07) is 12.9. The summed E-state index contributed by atoms with van der Waals surface area (Å²) in [6.45, 7) is 2.82. The van der Waals surface area contributed by atoms with Gasteiger partial charge >= 0.3 is 0 Å².